The average molecular weight is 170 g/mol. The van der Waals surface area contributed by atoms with Crippen molar-refractivity contribution in [2.75, 3.05) is 0 Å². The fourth-order valence-electron chi connectivity index (χ4n) is 0.769. The van der Waals surface area contributed by atoms with Gasteiger partial charge in [0.1, 0.15) is 0 Å². The summed E-state index contributed by atoms with van der Waals surface area (Å²) in [6.07, 6.45) is 1.24. The van der Waals surface area contributed by atoms with Gasteiger partial charge in [-0.2, -0.15) is 0 Å². The molecule has 12 heavy (non-hydrogen) atoms. The molecule has 0 saturated heterocycles. The largest absolute Gasteiger partial charge is 0.475 e. The van der Waals surface area contributed by atoms with Gasteiger partial charge in [-0.1, -0.05) is 0 Å². The summed E-state index contributed by atoms with van der Waals surface area (Å²) in [5.41, 5.74) is -0.600. The van der Waals surface area contributed by atoms with Crippen molar-refractivity contribution in [1.82, 2.24) is 0 Å². The monoisotopic (exact) mass is 170 g/mol. The van der Waals surface area contributed by atoms with Crippen LogP contribution in [-0.2, 0) is 5.60 Å². The highest BCUT2D eigenvalue weighted by atomic mass is 16.4. The summed E-state index contributed by atoms with van der Waals surface area (Å²) in [7, 11) is 0. The van der Waals surface area contributed by atoms with Crippen LogP contribution in [0.5, 0.6) is 0 Å². The van der Waals surface area contributed by atoms with Crippen molar-refractivity contribution >= 4 is 5.97 Å². The summed E-state index contributed by atoms with van der Waals surface area (Å²) >= 11 is 0. The molecule has 0 saturated carbocycles. The molecule has 2 N–H and O–H groups in total. The van der Waals surface area contributed by atoms with Crippen LogP contribution < -0.4 is 0 Å². The Hall–Kier alpha value is -1.29. The van der Waals surface area contributed by atoms with Gasteiger partial charge in [-0.3, -0.25) is 0 Å². The first-order chi connectivity index (χ1) is 5.41. The number of carboxylic acids is 1. The quantitative estimate of drug-likeness (QED) is 0.699. The summed E-state index contributed by atoms with van der Waals surface area (Å²) in [6, 6.07) is 1.31. The number of aromatic carboxylic acids is 1. The number of carbonyl (C=O) groups is 1. The minimum atomic E-state index is -1.13. The van der Waals surface area contributed by atoms with Crippen LogP contribution >= 0.6 is 0 Å². The molecule has 0 atom stereocenters. The molecular formula is C8H10O4. The SMILES string of the molecule is CC(C)(O)c1coc(C(=O)O)c1. The van der Waals surface area contributed by atoms with Crippen LogP contribution in [0.3, 0.4) is 0 Å². The van der Waals surface area contributed by atoms with E-state index in [0.29, 0.717) is 5.56 Å². The van der Waals surface area contributed by atoms with Crippen molar-refractivity contribution in [1.29, 1.82) is 0 Å². The third kappa shape index (κ3) is 1.65. The van der Waals surface area contributed by atoms with Gasteiger partial charge in [-0.15, -0.1) is 0 Å². The Morgan fingerprint density at radius 3 is 2.42 bits per heavy atom. The van der Waals surface area contributed by atoms with E-state index in [4.69, 9.17) is 9.52 Å². The van der Waals surface area contributed by atoms with Crippen molar-refractivity contribution in [3.63, 3.8) is 0 Å². The zero-order valence-corrected chi connectivity index (χ0v) is 6.87. The predicted molar refractivity (Wildman–Crippen MR) is 40.9 cm³/mol. The molecule has 0 aliphatic heterocycles. The highest BCUT2D eigenvalue weighted by molar-refractivity contribution is 5.84. The molecule has 4 heteroatoms. The van der Waals surface area contributed by atoms with Gasteiger partial charge in [0.2, 0.25) is 5.76 Å². The topological polar surface area (TPSA) is 70.7 Å². The van der Waals surface area contributed by atoms with Crippen LogP contribution in [-0.4, -0.2) is 16.2 Å². The molecule has 4 nitrogen and oxygen atoms in total. The first-order valence-electron chi connectivity index (χ1n) is 3.46. The summed E-state index contributed by atoms with van der Waals surface area (Å²) in [6.45, 7) is 3.12. The molecule has 0 spiro atoms. The molecule has 1 rings (SSSR count). The third-order valence-electron chi connectivity index (χ3n) is 1.52. The van der Waals surface area contributed by atoms with Gasteiger partial charge in [0.05, 0.1) is 11.9 Å². The Bertz CT molecular complexity index is 292. The van der Waals surface area contributed by atoms with Crippen molar-refractivity contribution in [3.05, 3.63) is 23.7 Å². The number of carboxylic acid groups (broad SMARTS) is 1. The van der Waals surface area contributed by atoms with E-state index in [1.54, 1.807) is 13.8 Å². The number of hydrogen-bond donors (Lipinski definition) is 2. The summed E-state index contributed by atoms with van der Waals surface area (Å²) < 4.78 is 4.69. The van der Waals surface area contributed by atoms with E-state index in [1.165, 1.54) is 12.3 Å². The van der Waals surface area contributed by atoms with E-state index in [1.807, 2.05) is 0 Å². The molecule has 0 aliphatic rings. The fourth-order valence-corrected chi connectivity index (χ4v) is 0.769. The van der Waals surface area contributed by atoms with Crippen molar-refractivity contribution in [2.24, 2.45) is 0 Å². The molecular weight excluding hydrogens is 160 g/mol. The average Bonchev–Trinajstić information content (AvgIpc) is 2.30. The van der Waals surface area contributed by atoms with Gasteiger partial charge in [0.25, 0.3) is 0 Å². The molecule has 0 fully saturated rings. The minimum Gasteiger partial charge on any atom is -0.475 e. The molecule has 0 radical (unpaired) electrons. The molecule has 0 aliphatic carbocycles. The van der Waals surface area contributed by atoms with Gasteiger partial charge in [-0.05, 0) is 19.9 Å². The van der Waals surface area contributed by atoms with E-state index in [2.05, 4.69) is 0 Å². The molecule has 0 aromatic carbocycles. The van der Waals surface area contributed by atoms with Crippen LogP contribution in [0.15, 0.2) is 16.7 Å². The first-order valence-corrected chi connectivity index (χ1v) is 3.46. The molecule has 0 unspecified atom stereocenters. The van der Waals surface area contributed by atoms with Crippen LogP contribution in [0.25, 0.3) is 0 Å². The maximum atomic E-state index is 10.4. The Kier molecular flexibility index (Phi) is 1.94. The van der Waals surface area contributed by atoms with Crippen LogP contribution in [0, 0.1) is 0 Å². The highest BCUT2D eigenvalue weighted by Crippen LogP contribution is 2.21. The lowest BCUT2D eigenvalue weighted by Crippen LogP contribution is -2.14. The van der Waals surface area contributed by atoms with E-state index in [-0.39, 0.29) is 5.76 Å². The van der Waals surface area contributed by atoms with E-state index < -0.39 is 11.6 Å². The lowest BCUT2D eigenvalue weighted by Gasteiger charge is -2.13. The zero-order chi connectivity index (χ0) is 9.35. The highest BCUT2D eigenvalue weighted by Gasteiger charge is 2.20. The maximum Gasteiger partial charge on any atom is 0.371 e. The lowest BCUT2D eigenvalue weighted by molar-refractivity contribution is 0.0662. The Morgan fingerprint density at radius 2 is 2.17 bits per heavy atom. The van der Waals surface area contributed by atoms with Gasteiger partial charge < -0.3 is 14.6 Å². The van der Waals surface area contributed by atoms with Crippen LogP contribution in [0.4, 0.5) is 0 Å². The maximum absolute atomic E-state index is 10.4. The fraction of sp³-hybridized carbons (Fsp3) is 0.375. The molecule has 0 bridgehead atoms. The summed E-state index contributed by atoms with van der Waals surface area (Å²) in [4.78, 5) is 10.4. The van der Waals surface area contributed by atoms with E-state index in [0.717, 1.165) is 0 Å². The summed E-state index contributed by atoms with van der Waals surface area (Å²) in [5.74, 6) is -1.29. The third-order valence-corrected chi connectivity index (χ3v) is 1.52. The Balaban J connectivity index is 3.00. The smallest absolute Gasteiger partial charge is 0.371 e. The predicted octanol–water partition coefficient (Wildman–Crippen LogP) is 1.21. The van der Waals surface area contributed by atoms with Crippen molar-refractivity contribution in [3.8, 4) is 0 Å². The molecule has 1 aromatic rings. The number of furan rings is 1. The second kappa shape index (κ2) is 2.64. The second-order valence-electron chi connectivity index (χ2n) is 3.06. The number of aliphatic hydroxyl groups is 1. The first kappa shape index (κ1) is 8.80. The van der Waals surface area contributed by atoms with Gasteiger partial charge in [0, 0.05) is 5.56 Å². The van der Waals surface area contributed by atoms with Crippen molar-refractivity contribution < 1.29 is 19.4 Å². The molecule has 1 heterocycles. The van der Waals surface area contributed by atoms with Gasteiger partial charge in [-0.25, -0.2) is 4.79 Å². The normalized spacial score (nSPS) is 11.6. The number of hydrogen-bond acceptors (Lipinski definition) is 3. The summed E-state index contributed by atoms with van der Waals surface area (Å²) in [5, 5.41) is 17.9. The van der Waals surface area contributed by atoms with Gasteiger partial charge in [0.15, 0.2) is 0 Å². The van der Waals surface area contributed by atoms with Gasteiger partial charge >= 0.3 is 5.97 Å². The van der Waals surface area contributed by atoms with E-state index in [9.17, 15) is 9.90 Å². The second-order valence-corrected chi connectivity index (χ2v) is 3.06. The number of rotatable bonds is 2. The molecule has 66 valence electrons. The van der Waals surface area contributed by atoms with Crippen LogP contribution in [0.1, 0.15) is 30.0 Å². The lowest BCUT2D eigenvalue weighted by atomic mass is 10.0. The standard InChI is InChI=1S/C8H10O4/c1-8(2,11)5-3-6(7(9)10)12-4-5/h3-4,11H,1-2H3,(H,9,10). The zero-order valence-electron chi connectivity index (χ0n) is 6.87. The van der Waals surface area contributed by atoms with Crippen LogP contribution in [0.2, 0.25) is 0 Å². The Morgan fingerprint density at radius 1 is 1.58 bits per heavy atom. The van der Waals surface area contributed by atoms with E-state index >= 15 is 0 Å². The molecule has 0 amide bonds. The molecule has 1 aromatic heterocycles. The Labute approximate surface area is 69.4 Å². The minimum absolute atomic E-state index is 0.160. The van der Waals surface area contributed by atoms with Crippen molar-refractivity contribution in [2.45, 2.75) is 19.4 Å².